The van der Waals surface area contributed by atoms with E-state index in [4.69, 9.17) is 5.73 Å². The van der Waals surface area contributed by atoms with Gasteiger partial charge in [0, 0.05) is 47.7 Å². The van der Waals surface area contributed by atoms with E-state index in [1.807, 2.05) is 38.1 Å². The minimum Gasteiger partial charge on any atom is -0.384 e. The van der Waals surface area contributed by atoms with Crippen LogP contribution in [0.2, 0.25) is 0 Å². The molecule has 0 aliphatic heterocycles. The Hall–Kier alpha value is -3.15. The Kier molecular flexibility index (Phi) is 5.78. The molecule has 0 aliphatic carbocycles. The summed E-state index contributed by atoms with van der Waals surface area (Å²) in [5.41, 5.74) is 8.97. The molecular weight excluding hydrogens is 355 g/mol. The van der Waals surface area contributed by atoms with Crippen LogP contribution in [0.4, 0.5) is 15.9 Å². The minimum atomic E-state index is -0.256. The number of pyridine rings is 1. The molecule has 0 unspecified atom stereocenters. The molecule has 4 N–H and O–H groups in total. The number of benzene rings is 2. The highest BCUT2D eigenvalue weighted by Crippen LogP contribution is 2.34. The van der Waals surface area contributed by atoms with E-state index < -0.39 is 0 Å². The van der Waals surface area contributed by atoms with Crippen LogP contribution in [0, 0.1) is 12.7 Å². The van der Waals surface area contributed by atoms with E-state index in [1.54, 1.807) is 12.3 Å². The average Bonchev–Trinajstić information content (AvgIpc) is 2.61. The molecule has 1 amide bonds. The predicted molar refractivity (Wildman–Crippen MR) is 113 cm³/mol. The van der Waals surface area contributed by atoms with E-state index in [2.05, 4.69) is 15.6 Å². The number of hydrogen-bond donors (Lipinski definition) is 3. The predicted octanol–water partition coefficient (Wildman–Crippen LogP) is 4.26. The molecule has 0 saturated carbocycles. The van der Waals surface area contributed by atoms with Crippen LogP contribution in [-0.4, -0.2) is 23.5 Å². The van der Waals surface area contributed by atoms with Gasteiger partial charge in [-0.2, -0.15) is 0 Å². The summed E-state index contributed by atoms with van der Waals surface area (Å²) in [5, 5.41) is 8.09. The zero-order chi connectivity index (χ0) is 20.3. The molecule has 6 heteroatoms. The third kappa shape index (κ3) is 4.39. The number of carbonyl (C=O) groups excluding carboxylic acids is 1. The van der Waals surface area contributed by atoms with Gasteiger partial charge in [0.05, 0.1) is 0 Å². The summed E-state index contributed by atoms with van der Waals surface area (Å²) < 4.78 is 14.5. The molecule has 28 heavy (non-hydrogen) atoms. The second-order valence-corrected chi connectivity index (χ2v) is 7.10. The number of carbonyl (C=O) groups is 1. The SMILES string of the molecule is CC(=O)N[C@H](C)CCNc1cc(-c2c(C)cccc2F)cc2cnc(N)cc12. The number of nitrogens with two attached hydrogens (primary N) is 1. The van der Waals surface area contributed by atoms with E-state index in [0.29, 0.717) is 17.9 Å². The molecule has 0 spiro atoms. The third-order valence-corrected chi connectivity index (χ3v) is 4.71. The number of anilines is 2. The summed E-state index contributed by atoms with van der Waals surface area (Å²) >= 11 is 0. The fraction of sp³-hybridized carbons (Fsp3) is 0.273. The second-order valence-electron chi connectivity index (χ2n) is 7.10. The van der Waals surface area contributed by atoms with Gasteiger partial charge in [0.25, 0.3) is 0 Å². The van der Waals surface area contributed by atoms with Crippen molar-refractivity contribution in [3.05, 3.63) is 54.0 Å². The Morgan fingerprint density at radius 2 is 2.07 bits per heavy atom. The molecule has 1 heterocycles. The molecule has 5 nitrogen and oxygen atoms in total. The van der Waals surface area contributed by atoms with Gasteiger partial charge in [0.2, 0.25) is 5.91 Å². The number of nitrogens with one attached hydrogen (secondary N) is 2. The van der Waals surface area contributed by atoms with Crippen molar-refractivity contribution in [3.63, 3.8) is 0 Å². The van der Waals surface area contributed by atoms with Crippen LogP contribution in [0.15, 0.2) is 42.6 Å². The maximum Gasteiger partial charge on any atom is 0.217 e. The van der Waals surface area contributed by atoms with Crippen LogP contribution in [0.1, 0.15) is 25.8 Å². The lowest BCUT2D eigenvalue weighted by Crippen LogP contribution is -2.31. The van der Waals surface area contributed by atoms with Gasteiger partial charge in [0.1, 0.15) is 11.6 Å². The monoisotopic (exact) mass is 380 g/mol. The zero-order valence-corrected chi connectivity index (χ0v) is 16.3. The summed E-state index contributed by atoms with van der Waals surface area (Å²) in [6, 6.07) is 10.8. The van der Waals surface area contributed by atoms with Crippen LogP contribution < -0.4 is 16.4 Å². The first-order valence-electron chi connectivity index (χ1n) is 9.31. The van der Waals surface area contributed by atoms with Gasteiger partial charge in [-0.3, -0.25) is 4.79 Å². The highest BCUT2D eigenvalue weighted by atomic mass is 19.1. The maximum absolute atomic E-state index is 14.5. The number of rotatable bonds is 6. The highest BCUT2D eigenvalue weighted by molar-refractivity contribution is 5.98. The first kappa shape index (κ1) is 19.6. The molecule has 3 aromatic rings. The topological polar surface area (TPSA) is 80.0 Å². The molecule has 1 atom stereocenters. The number of aromatic nitrogens is 1. The molecule has 146 valence electrons. The number of nitrogens with zero attached hydrogens (tertiary/aromatic N) is 1. The van der Waals surface area contributed by atoms with Crippen LogP contribution in [0.25, 0.3) is 21.9 Å². The van der Waals surface area contributed by atoms with Gasteiger partial charge in [-0.15, -0.1) is 0 Å². The molecule has 0 bridgehead atoms. The first-order chi connectivity index (χ1) is 13.3. The molecule has 0 saturated heterocycles. The number of fused-ring (bicyclic) bond motifs is 1. The Labute approximate surface area is 164 Å². The number of nitrogen functional groups attached to an aromatic ring is 1. The van der Waals surface area contributed by atoms with E-state index in [-0.39, 0.29) is 17.8 Å². The first-order valence-corrected chi connectivity index (χ1v) is 9.31. The standard InChI is InChI=1S/C22H25FN4O/c1-13-5-4-6-19(23)22(13)16-9-17-12-26-21(24)11-18(17)20(10-16)25-8-7-14(2)27-15(3)28/h4-6,9-12,14,25H,7-8H2,1-3H3,(H2,24,26)(H,27,28)/t14-/m1/s1. The molecule has 0 aliphatic rings. The lowest BCUT2D eigenvalue weighted by molar-refractivity contribution is -0.119. The Morgan fingerprint density at radius 3 is 2.79 bits per heavy atom. The number of aryl methyl sites for hydroxylation is 1. The van der Waals surface area contributed by atoms with Crippen molar-refractivity contribution >= 4 is 28.2 Å². The fourth-order valence-electron chi connectivity index (χ4n) is 3.40. The minimum absolute atomic E-state index is 0.0474. The second kappa shape index (κ2) is 8.25. The van der Waals surface area contributed by atoms with Crippen molar-refractivity contribution < 1.29 is 9.18 Å². The van der Waals surface area contributed by atoms with Crippen LogP contribution >= 0.6 is 0 Å². The van der Waals surface area contributed by atoms with Crippen LogP contribution in [0.3, 0.4) is 0 Å². The average molecular weight is 380 g/mol. The van der Waals surface area contributed by atoms with E-state index in [9.17, 15) is 9.18 Å². The summed E-state index contributed by atoms with van der Waals surface area (Å²) in [6.45, 7) is 6.01. The fourth-order valence-corrected chi connectivity index (χ4v) is 3.40. The highest BCUT2D eigenvalue weighted by Gasteiger charge is 2.13. The third-order valence-electron chi connectivity index (χ3n) is 4.71. The summed E-state index contributed by atoms with van der Waals surface area (Å²) in [6.07, 6.45) is 2.46. The van der Waals surface area contributed by atoms with Gasteiger partial charge in [-0.25, -0.2) is 9.37 Å². The number of amides is 1. The normalized spacial score (nSPS) is 12.0. The number of halogens is 1. The summed E-state index contributed by atoms with van der Waals surface area (Å²) in [4.78, 5) is 15.4. The van der Waals surface area contributed by atoms with Gasteiger partial charge in [-0.05, 0) is 55.7 Å². The molecule has 3 rings (SSSR count). The van der Waals surface area contributed by atoms with Gasteiger partial charge in [-0.1, -0.05) is 12.1 Å². The van der Waals surface area contributed by atoms with E-state index in [1.165, 1.54) is 13.0 Å². The largest absolute Gasteiger partial charge is 0.384 e. The van der Waals surface area contributed by atoms with Crippen molar-refractivity contribution in [2.45, 2.75) is 33.2 Å². The molecule has 0 fully saturated rings. The van der Waals surface area contributed by atoms with Crippen LogP contribution in [0.5, 0.6) is 0 Å². The van der Waals surface area contributed by atoms with Gasteiger partial charge >= 0.3 is 0 Å². The van der Waals surface area contributed by atoms with Gasteiger partial charge in [0.15, 0.2) is 0 Å². The van der Waals surface area contributed by atoms with Crippen molar-refractivity contribution in [2.75, 3.05) is 17.6 Å². The van der Waals surface area contributed by atoms with Crippen LogP contribution in [-0.2, 0) is 4.79 Å². The number of hydrogen-bond acceptors (Lipinski definition) is 4. The molecule has 1 aromatic heterocycles. The van der Waals surface area contributed by atoms with E-state index in [0.717, 1.165) is 34.0 Å². The molecular formula is C22H25FN4O. The van der Waals surface area contributed by atoms with Gasteiger partial charge < -0.3 is 16.4 Å². The maximum atomic E-state index is 14.5. The zero-order valence-electron chi connectivity index (χ0n) is 16.3. The lowest BCUT2D eigenvalue weighted by atomic mass is 9.96. The quantitative estimate of drug-likeness (QED) is 0.597. The van der Waals surface area contributed by atoms with Crippen molar-refractivity contribution in [2.24, 2.45) is 0 Å². The molecule has 0 radical (unpaired) electrons. The summed E-state index contributed by atoms with van der Waals surface area (Å²) in [7, 11) is 0. The Morgan fingerprint density at radius 1 is 1.29 bits per heavy atom. The van der Waals surface area contributed by atoms with Crippen molar-refractivity contribution in [1.29, 1.82) is 0 Å². The Balaban J connectivity index is 1.97. The van der Waals surface area contributed by atoms with Crippen molar-refractivity contribution in [1.82, 2.24) is 10.3 Å². The Bertz CT molecular complexity index is 999. The lowest BCUT2D eigenvalue weighted by Gasteiger charge is -2.17. The van der Waals surface area contributed by atoms with Crippen molar-refractivity contribution in [3.8, 4) is 11.1 Å². The van der Waals surface area contributed by atoms with E-state index >= 15 is 0 Å². The molecule has 2 aromatic carbocycles. The smallest absolute Gasteiger partial charge is 0.217 e. The summed E-state index contributed by atoms with van der Waals surface area (Å²) in [5.74, 6) is 0.124.